The first-order valence-corrected chi connectivity index (χ1v) is 10.4. The molecule has 1 fully saturated rings. The largest absolute Gasteiger partial charge is 0.363 e. The van der Waals surface area contributed by atoms with Gasteiger partial charge in [0.2, 0.25) is 5.91 Å². The van der Waals surface area contributed by atoms with Gasteiger partial charge in [-0.1, -0.05) is 24.3 Å². The summed E-state index contributed by atoms with van der Waals surface area (Å²) >= 11 is 0. The lowest BCUT2D eigenvalue weighted by atomic mass is 9.93. The highest BCUT2D eigenvalue weighted by molar-refractivity contribution is 5.75. The van der Waals surface area contributed by atoms with Crippen LogP contribution in [0.25, 0.3) is 0 Å². The van der Waals surface area contributed by atoms with Gasteiger partial charge in [-0.2, -0.15) is 0 Å². The number of nitrogens with one attached hydrogen (secondary N) is 1. The third-order valence-electron chi connectivity index (χ3n) is 5.49. The van der Waals surface area contributed by atoms with Crippen LogP contribution < -0.4 is 10.2 Å². The summed E-state index contributed by atoms with van der Waals surface area (Å²) in [4.78, 5) is 21.1. The normalized spacial score (nSPS) is 17.1. The number of benzene rings is 1. The Labute approximate surface area is 172 Å². The molecule has 0 saturated carbocycles. The molecule has 1 aromatic carbocycles. The molecule has 1 amide bonds. The summed E-state index contributed by atoms with van der Waals surface area (Å²) in [5, 5.41) is 2.84. The highest BCUT2D eigenvalue weighted by atomic mass is 19.1. The van der Waals surface area contributed by atoms with Crippen LogP contribution in [0.4, 0.5) is 10.2 Å². The summed E-state index contributed by atoms with van der Waals surface area (Å²) in [5.74, 6) is 1.21. The number of anilines is 1. The molecule has 1 saturated heterocycles. The molecular weight excluding hydrogens is 367 g/mol. The van der Waals surface area contributed by atoms with E-state index in [9.17, 15) is 9.18 Å². The summed E-state index contributed by atoms with van der Waals surface area (Å²) in [6, 6.07) is 10.8. The van der Waals surface area contributed by atoms with Gasteiger partial charge in [-0.25, -0.2) is 9.37 Å². The second kappa shape index (κ2) is 10.3. The molecule has 0 unspecified atom stereocenters. The molecule has 3 rings (SSSR count). The lowest BCUT2D eigenvalue weighted by Crippen LogP contribution is -2.35. The van der Waals surface area contributed by atoms with Crippen LogP contribution in [-0.2, 0) is 17.9 Å². The summed E-state index contributed by atoms with van der Waals surface area (Å²) < 4.78 is 13.6. The van der Waals surface area contributed by atoms with Crippen LogP contribution in [0.5, 0.6) is 0 Å². The summed E-state index contributed by atoms with van der Waals surface area (Å²) in [6.45, 7) is 3.25. The monoisotopic (exact) mass is 398 g/mol. The van der Waals surface area contributed by atoms with Crippen LogP contribution in [-0.4, -0.2) is 43.0 Å². The van der Waals surface area contributed by atoms with Gasteiger partial charge in [0.25, 0.3) is 0 Å². The first kappa shape index (κ1) is 21.2. The van der Waals surface area contributed by atoms with Crippen molar-refractivity contribution in [3.05, 3.63) is 59.5 Å². The highest BCUT2D eigenvalue weighted by Crippen LogP contribution is 2.22. The fourth-order valence-corrected chi connectivity index (χ4v) is 3.82. The maximum Gasteiger partial charge on any atom is 0.220 e. The number of likely N-dealkylation sites (tertiary alicyclic amines) is 1. The van der Waals surface area contributed by atoms with Crippen molar-refractivity contribution in [3.63, 3.8) is 0 Å². The molecule has 0 aliphatic carbocycles. The third kappa shape index (κ3) is 6.53. The van der Waals surface area contributed by atoms with Crippen LogP contribution in [0.2, 0.25) is 0 Å². The number of hydrogen-bond acceptors (Lipinski definition) is 4. The Kier molecular flexibility index (Phi) is 7.58. The van der Waals surface area contributed by atoms with Crippen LogP contribution in [0.3, 0.4) is 0 Å². The zero-order valence-electron chi connectivity index (χ0n) is 17.4. The van der Waals surface area contributed by atoms with E-state index in [1.54, 1.807) is 18.2 Å². The molecule has 0 spiro atoms. The number of halogens is 1. The number of carbonyl (C=O) groups is 1. The van der Waals surface area contributed by atoms with Gasteiger partial charge in [0.15, 0.2) is 0 Å². The fourth-order valence-electron chi connectivity index (χ4n) is 3.82. The molecule has 29 heavy (non-hydrogen) atoms. The van der Waals surface area contributed by atoms with Crippen LogP contribution in [0.15, 0.2) is 42.6 Å². The van der Waals surface area contributed by atoms with Gasteiger partial charge >= 0.3 is 0 Å². The fraction of sp³-hybridized carbons (Fsp3) is 0.478. The van der Waals surface area contributed by atoms with E-state index in [0.29, 0.717) is 17.9 Å². The SMILES string of the molecule is CN(C)c1ccc(CN2CCC[C@H](CCC(=O)NCc3ccccc3F)C2)cn1. The topological polar surface area (TPSA) is 48.5 Å². The van der Waals surface area contributed by atoms with Gasteiger partial charge in [-0.3, -0.25) is 9.69 Å². The Morgan fingerprint density at radius 3 is 2.83 bits per heavy atom. The quantitative estimate of drug-likeness (QED) is 0.738. The van der Waals surface area contributed by atoms with E-state index in [-0.39, 0.29) is 18.3 Å². The number of hydrogen-bond donors (Lipinski definition) is 1. The molecule has 5 nitrogen and oxygen atoms in total. The number of amides is 1. The average Bonchev–Trinajstić information content (AvgIpc) is 2.72. The first-order chi connectivity index (χ1) is 14.0. The smallest absolute Gasteiger partial charge is 0.220 e. The van der Waals surface area contributed by atoms with Crippen molar-refractivity contribution in [1.82, 2.24) is 15.2 Å². The van der Waals surface area contributed by atoms with Gasteiger partial charge in [-0.15, -0.1) is 0 Å². The van der Waals surface area contributed by atoms with Crippen molar-refractivity contribution < 1.29 is 9.18 Å². The molecule has 2 heterocycles. The molecule has 1 aromatic heterocycles. The van der Waals surface area contributed by atoms with E-state index >= 15 is 0 Å². The van der Waals surface area contributed by atoms with Crippen molar-refractivity contribution in [2.24, 2.45) is 5.92 Å². The van der Waals surface area contributed by atoms with E-state index in [1.165, 1.54) is 11.6 Å². The maximum absolute atomic E-state index is 13.6. The predicted octanol–water partition coefficient (Wildman–Crippen LogP) is 3.60. The van der Waals surface area contributed by atoms with Crippen molar-refractivity contribution >= 4 is 11.7 Å². The lowest BCUT2D eigenvalue weighted by Gasteiger charge is -2.32. The van der Waals surface area contributed by atoms with Gasteiger partial charge in [-0.05, 0) is 49.4 Å². The summed E-state index contributed by atoms with van der Waals surface area (Å²) in [5.41, 5.74) is 1.75. The Balaban J connectivity index is 1.41. The van der Waals surface area contributed by atoms with Crippen LogP contribution in [0.1, 0.15) is 36.8 Å². The minimum absolute atomic E-state index is 0.00569. The van der Waals surface area contributed by atoms with E-state index in [2.05, 4.69) is 27.3 Å². The molecule has 6 heteroatoms. The van der Waals surface area contributed by atoms with Crippen LogP contribution >= 0.6 is 0 Å². The third-order valence-corrected chi connectivity index (χ3v) is 5.49. The van der Waals surface area contributed by atoms with E-state index in [1.807, 2.05) is 25.2 Å². The van der Waals surface area contributed by atoms with Gasteiger partial charge in [0, 0.05) is 51.9 Å². The van der Waals surface area contributed by atoms with Gasteiger partial charge in [0.1, 0.15) is 11.6 Å². The van der Waals surface area contributed by atoms with Crippen molar-refractivity contribution in [2.45, 2.75) is 38.8 Å². The van der Waals surface area contributed by atoms with E-state index < -0.39 is 0 Å². The zero-order valence-corrected chi connectivity index (χ0v) is 17.4. The van der Waals surface area contributed by atoms with Crippen molar-refractivity contribution in [3.8, 4) is 0 Å². The molecule has 0 radical (unpaired) electrons. The molecule has 1 atom stereocenters. The van der Waals surface area contributed by atoms with Gasteiger partial charge < -0.3 is 10.2 Å². The van der Waals surface area contributed by atoms with Crippen molar-refractivity contribution in [2.75, 3.05) is 32.1 Å². The zero-order chi connectivity index (χ0) is 20.6. The Morgan fingerprint density at radius 2 is 2.10 bits per heavy atom. The van der Waals surface area contributed by atoms with Gasteiger partial charge in [0.05, 0.1) is 0 Å². The molecule has 156 valence electrons. The maximum atomic E-state index is 13.6. The molecule has 0 bridgehead atoms. The molecule has 2 aromatic rings. The minimum Gasteiger partial charge on any atom is -0.363 e. The second-order valence-electron chi connectivity index (χ2n) is 8.07. The molecular formula is C23H31FN4O. The lowest BCUT2D eigenvalue weighted by molar-refractivity contribution is -0.121. The Hall–Kier alpha value is -2.47. The number of rotatable bonds is 8. The number of pyridine rings is 1. The Morgan fingerprint density at radius 1 is 1.28 bits per heavy atom. The van der Waals surface area contributed by atoms with E-state index in [0.717, 1.165) is 44.7 Å². The number of aromatic nitrogens is 1. The standard InChI is InChI=1S/C23H31FN4O/c1-27(2)22-11-9-19(14-25-22)17-28-13-5-6-18(16-28)10-12-23(29)26-15-20-7-3-4-8-21(20)24/h3-4,7-9,11,14,18H,5-6,10,12-13,15-17H2,1-2H3,(H,26,29)/t18-/m1/s1. The second-order valence-corrected chi connectivity index (χ2v) is 8.07. The number of carbonyl (C=O) groups excluding carboxylic acids is 1. The number of nitrogens with zero attached hydrogens (tertiary/aromatic N) is 3. The molecule has 1 N–H and O–H groups in total. The Bertz CT molecular complexity index is 794. The number of piperidine rings is 1. The summed E-state index contributed by atoms with van der Waals surface area (Å²) in [7, 11) is 3.98. The predicted molar refractivity (Wildman–Crippen MR) is 114 cm³/mol. The highest BCUT2D eigenvalue weighted by Gasteiger charge is 2.21. The van der Waals surface area contributed by atoms with Crippen LogP contribution in [0, 0.1) is 11.7 Å². The summed E-state index contributed by atoms with van der Waals surface area (Å²) in [6.07, 6.45) is 5.64. The molecule has 1 aliphatic rings. The minimum atomic E-state index is -0.274. The average molecular weight is 399 g/mol. The molecule has 1 aliphatic heterocycles. The van der Waals surface area contributed by atoms with E-state index in [4.69, 9.17) is 0 Å². The first-order valence-electron chi connectivity index (χ1n) is 10.4. The van der Waals surface area contributed by atoms with Crippen molar-refractivity contribution in [1.29, 1.82) is 0 Å².